The first kappa shape index (κ1) is 18.6. The molecule has 3 N–H and O–H groups in total. The van der Waals surface area contributed by atoms with Crippen molar-refractivity contribution in [3.8, 4) is 0 Å². The molecule has 30 heavy (non-hydrogen) atoms. The van der Waals surface area contributed by atoms with Crippen LogP contribution in [0.5, 0.6) is 0 Å². The molecule has 0 bridgehead atoms. The predicted molar refractivity (Wildman–Crippen MR) is 115 cm³/mol. The predicted octanol–water partition coefficient (Wildman–Crippen LogP) is 2.49. The number of nitrogens with one attached hydrogen (secondary N) is 3. The molecular formula is C22H24N6O2. The fraction of sp³-hybridized carbons (Fsp3) is 0.364. The quantitative estimate of drug-likeness (QED) is 0.583. The van der Waals surface area contributed by atoms with Crippen molar-refractivity contribution >= 4 is 34.2 Å². The van der Waals surface area contributed by atoms with E-state index in [1.54, 1.807) is 6.33 Å². The van der Waals surface area contributed by atoms with E-state index < -0.39 is 0 Å². The number of Topliss-reactive ketones (excluding diaryl/α,β-unsaturated/α-hetero) is 1. The van der Waals surface area contributed by atoms with Gasteiger partial charge in [-0.1, -0.05) is 6.07 Å². The molecule has 1 amide bonds. The molecule has 0 spiro atoms. The summed E-state index contributed by atoms with van der Waals surface area (Å²) in [5.41, 5.74) is 3.33. The Bertz CT molecular complexity index is 1110. The zero-order valence-electron chi connectivity index (χ0n) is 16.6. The van der Waals surface area contributed by atoms with Gasteiger partial charge in [-0.15, -0.1) is 0 Å². The first-order valence-electron chi connectivity index (χ1n) is 10.4. The van der Waals surface area contributed by atoms with Gasteiger partial charge in [-0.2, -0.15) is 0 Å². The Morgan fingerprint density at radius 1 is 1.27 bits per heavy atom. The van der Waals surface area contributed by atoms with E-state index in [0.29, 0.717) is 24.4 Å². The molecule has 2 aliphatic heterocycles. The summed E-state index contributed by atoms with van der Waals surface area (Å²) in [5, 5.41) is 7.09. The summed E-state index contributed by atoms with van der Waals surface area (Å²) in [6.45, 7) is 2.55. The van der Waals surface area contributed by atoms with E-state index >= 15 is 0 Å². The fourth-order valence-electron chi connectivity index (χ4n) is 4.54. The molecule has 2 aromatic heterocycles. The topological polar surface area (TPSA) is 103 Å². The smallest absolute Gasteiger partial charge is 0.251 e. The number of aromatic amines is 1. The van der Waals surface area contributed by atoms with Crippen molar-refractivity contribution in [1.29, 1.82) is 0 Å². The van der Waals surface area contributed by atoms with Crippen LogP contribution in [0, 0.1) is 5.92 Å². The van der Waals surface area contributed by atoms with Crippen molar-refractivity contribution in [3.05, 3.63) is 47.9 Å². The molecular weight excluding hydrogens is 380 g/mol. The van der Waals surface area contributed by atoms with Gasteiger partial charge in [0, 0.05) is 49.1 Å². The number of carbonyl (C=O) groups is 2. The number of aromatic nitrogens is 3. The number of benzene rings is 1. The third-order valence-corrected chi connectivity index (χ3v) is 5.99. The van der Waals surface area contributed by atoms with Crippen LogP contribution in [0.25, 0.3) is 11.0 Å². The van der Waals surface area contributed by atoms with Crippen molar-refractivity contribution in [2.75, 3.05) is 29.9 Å². The van der Waals surface area contributed by atoms with Crippen molar-refractivity contribution < 1.29 is 9.59 Å². The zero-order valence-corrected chi connectivity index (χ0v) is 16.6. The Balaban J connectivity index is 1.21. The molecule has 5 rings (SSSR count). The van der Waals surface area contributed by atoms with Crippen LogP contribution in [0.4, 0.5) is 11.5 Å². The molecule has 0 saturated carbocycles. The normalized spacial score (nSPS) is 18.3. The molecule has 3 aromatic rings. The largest absolute Gasteiger partial charge is 0.378 e. The number of nitrogens with zero attached hydrogens (tertiary/aromatic N) is 3. The number of carbonyl (C=O) groups excluding carboxylic acids is 2. The first-order valence-corrected chi connectivity index (χ1v) is 10.4. The van der Waals surface area contributed by atoms with Crippen LogP contribution in [-0.4, -0.2) is 46.3 Å². The minimum atomic E-state index is -0.0523. The second kappa shape index (κ2) is 7.78. The highest BCUT2D eigenvalue weighted by atomic mass is 16.2. The van der Waals surface area contributed by atoms with Gasteiger partial charge in [0.25, 0.3) is 5.91 Å². The molecule has 1 atom stereocenters. The molecule has 0 aliphatic carbocycles. The van der Waals surface area contributed by atoms with Gasteiger partial charge in [0.15, 0.2) is 5.78 Å². The van der Waals surface area contributed by atoms with Gasteiger partial charge in [-0.05, 0) is 37.0 Å². The Kier molecular flexibility index (Phi) is 4.82. The molecule has 1 unspecified atom stereocenters. The van der Waals surface area contributed by atoms with Crippen LogP contribution in [0.3, 0.4) is 0 Å². The highest BCUT2D eigenvalue weighted by Crippen LogP contribution is 2.28. The summed E-state index contributed by atoms with van der Waals surface area (Å²) in [5.74, 6) is 1.38. The molecule has 4 heterocycles. The second-order valence-electron chi connectivity index (χ2n) is 8.00. The van der Waals surface area contributed by atoms with Crippen molar-refractivity contribution in [2.24, 2.45) is 5.92 Å². The van der Waals surface area contributed by atoms with Gasteiger partial charge < -0.3 is 20.5 Å². The number of H-pyrrole nitrogens is 1. The third-order valence-electron chi connectivity index (χ3n) is 5.99. The summed E-state index contributed by atoms with van der Waals surface area (Å²) in [6.07, 6.45) is 6.09. The standard InChI is InChI=1S/C22H24N6O2/c29-15(10-24-19-5-1-4-16-18(19)11-25-22(16)30)9-14-3-2-8-28(12-14)21-17-6-7-23-20(17)26-13-27-21/h1,4-7,13-14,24H,2-3,8-12H2,(H,25,30)(H,23,26,27). The SMILES string of the molecule is O=C(CNc1cccc2c1CNC2=O)CC1CCCN(c2ncnc3[nH]ccc23)C1. The Hall–Kier alpha value is -3.42. The van der Waals surface area contributed by atoms with E-state index in [9.17, 15) is 9.59 Å². The lowest BCUT2D eigenvalue weighted by molar-refractivity contribution is -0.118. The van der Waals surface area contributed by atoms with Gasteiger partial charge in [-0.25, -0.2) is 9.97 Å². The number of piperidine rings is 1. The number of hydrogen-bond acceptors (Lipinski definition) is 6. The van der Waals surface area contributed by atoms with Gasteiger partial charge in [0.05, 0.1) is 11.9 Å². The number of anilines is 2. The Morgan fingerprint density at radius 2 is 2.20 bits per heavy atom. The van der Waals surface area contributed by atoms with Gasteiger partial charge in [0.2, 0.25) is 0 Å². The average Bonchev–Trinajstić information content (AvgIpc) is 3.39. The lowest BCUT2D eigenvalue weighted by Gasteiger charge is -2.33. The molecule has 1 aromatic carbocycles. The number of hydrogen-bond donors (Lipinski definition) is 3. The van der Waals surface area contributed by atoms with Crippen LogP contribution in [0.2, 0.25) is 0 Å². The molecule has 8 nitrogen and oxygen atoms in total. The lowest BCUT2D eigenvalue weighted by atomic mass is 9.92. The number of rotatable bonds is 6. The number of amides is 1. The van der Waals surface area contributed by atoms with Gasteiger partial charge in [-0.3, -0.25) is 9.59 Å². The Labute approximate surface area is 174 Å². The molecule has 2 aliphatic rings. The number of ketones is 1. The lowest BCUT2D eigenvalue weighted by Crippen LogP contribution is -2.37. The monoisotopic (exact) mass is 404 g/mol. The van der Waals surface area contributed by atoms with Crippen molar-refractivity contribution in [1.82, 2.24) is 20.3 Å². The minimum absolute atomic E-state index is 0.0523. The summed E-state index contributed by atoms with van der Waals surface area (Å²) >= 11 is 0. The van der Waals surface area contributed by atoms with Crippen LogP contribution in [0.1, 0.15) is 35.2 Å². The van der Waals surface area contributed by atoms with E-state index in [1.165, 1.54) is 0 Å². The van der Waals surface area contributed by atoms with E-state index in [2.05, 4.69) is 30.5 Å². The van der Waals surface area contributed by atoms with E-state index in [-0.39, 0.29) is 18.2 Å². The summed E-state index contributed by atoms with van der Waals surface area (Å²) in [7, 11) is 0. The molecule has 154 valence electrons. The molecule has 1 fully saturated rings. The van der Waals surface area contributed by atoms with Crippen LogP contribution < -0.4 is 15.5 Å². The average molecular weight is 404 g/mol. The maximum atomic E-state index is 12.7. The minimum Gasteiger partial charge on any atom is -0.378 e. The summed E-state index contributed by atoms with van der Waals surface area (Å²) < 4.78 is 0. The maximum absolute atomic E-state index is 12.7. The zero-order chi connectivity index (χ0) is 20.5. The fourth-order valence-corrected chi connectivity index (χ4v) is 4.54. The number of fused-ring (bicyclic) bond motifs is 2. The summed E-state index contributed by atoms with van der Waals surface area (Å²) in [4.78, 5) is 38.6. The van der Waals surface area contributed by atoms with Crippen molar-refractivity contribution in [2.45, 2.75) is 25.8 Å². The molecule has 0 radical (unpaired) electrons. The first-order chi connectivity index (χ1) is 14.7. The van der Waals surface area contributed by atoms with E-state index in [4.69, 9.17) is 0 Å². The maximum Gasteiger partial charge on any atom is 0.251 e. The third kappa shape index (κ3) is 3.49. The summed E-state index contributed by atoms with van der Waals surface area (Å²) in [6, 6.07) is 7.59. The molecule has 8 heteroatoms. The molecule has 1 saturated heterocycles. The van der Waals surface area contributed by atoms with Crippen LogP contribution >= 0.6 is 0 Å². The highest BCUT2D eigenvalue weighted by molar-refractivity contribution is 6.00. The van der Waals surface area contributed by atoms with Crippen LogP contribution in [-0.2, 0) is 11.3 Å². The van der Waals surface area contributed by atoms with Gasteiger partial charge >= 0.3 is 0 Å². The second-order valence-corrected chi connectivity index (χ2v) is 8.00. The van der Waals surface area contributed by atoms with E-state index in [0.717, 1.165) is 54.0 Å². The van der Waals surface area contributed by atoms with Gasteiger partial charge in [0.1, 0.15) is 17.8 Å². The van der Waals surface area contributed by atoms with Crippen molar-refractivity contribution in [3.63, 3.8) is 0 Å². The Morgan fingerprint density at radius 3 is 3.13 bits per heavy atom. The highest BCUT2D eigenvalue weighted by Gasteiger charge is 2.25. The van der Waals surface area contributed by atoms with Crippen LogP contribution in [0.15, 0.2) is 36.8 Å². The van der Waals surface area contributed by atoms with E-state index in [1.807, 2.05) is 30.5 Å².